The quantitative estimate of drug-likeness (QED) is 0.726. The second-order valence-corrected chi connectivity index (χ2v) is 6.25. The minimum Gasteiger partial charge on any atom is -0.301 e. The molecule has 2 saturated heterocycles. The zero-order valence-electron chi connectivity index (χ0n) is 12.0. The maximum atomic E-state index is 2.72. The van der Waals surface area contributed by atoms with Crippen LogP contribution in [0.15, 0.2) is 0 Å². The molecule has 0 aromatic heterocycles. The summed E-state index contributed by atoms with van der Waals surface area (Å²) in [5, 5.41) is 0. The summed E-state index contributed by atoms with van der Waals surface area (Å²) in [6, 6.07) is 2.47. The molecule has 0 radical (unpaired) electrons. The summed E-state index contributed by atoms with van der Waals surface area (Å²) < 4.78 is 0. The topological polar surface area (TPSA) is 6.48 Å². The zero-order chi connectivity index (χ0) is 12.3. The summed E-state index contributed by atoms with van der Waals surface area (Å²) in [6.45, 7) is 11.2. The molecule has 0 aromatic rings. The van der Waals surface area contributed by atoms with Crippen molar-refractivity contribution in [2.45, 2.75) is 77.4 Å². The molecule has 2 aliphatic heterocycles. The van der Waals surface area contributed by atoms with Crippen LogP contribution in [0.25, 0.3) is 0 Å². The number of rotatable bonds is 5. The van der Waals surface area contributed by atoms with Gasteiger partial charge in [-0.05, 0) is 78.9 Å². The molecule has 2 fully saturated rings. The van der Waals surface area contributed by atoms with Gasteiger partial charge in [0.2, 0.25) is 0 Å². The lowest BCUT2D eigenvalue weighted by Crippen LogP contribution is -2.36. The average molecular weight is 238 g/mol. The highest BCUT2D eigenvalue weighted by atomic mass is 15.2. The standard InChI is InChI=1S/C15H30N2/c1-13-7-4-10-16(13)11-5-8-14(2)17-12-6-9-15(17)3/h13-15H,4-12H2,1-3H3. The molecule has 2 rings (SSSR count). The van der Waals surface area contributed by atoms with Gasteiger partial charge in [-0.25, -0.2) is 0 Å². The lowest BCUT2D eigenvalue weighted by atomic mass is 10.1. The van der Waals surface area contributed by atoms with Gasteiger partial charge in [0.1, 0.15) is 0 Å². The van der Waals surface area contributed by atoms with Crippen LogP contribution in [0, 0.1) is 0 Å². The highest BCUT2D eigenvalue weighted by Gasteiger charge is 2.25. The highest BCUT2D eigenvalue weighted by molar-refractivity contribution is 4.81. The average Bonchev–Trinajstić information content (AvgIpc) is 2.88. The van der Waals surface area contributed by atoms with Crippen LogP contribution in [0.2, 0.25) is 0 Å². The normalized spacial score (nSPS) is 33.4. The van der Waals surface area contributed by atoms with Gasteiger partial charge in [-0.1, -0.05) is 0 Å². The van der Waals surface area contributed by atoms with Gasteiger partial charge in [0.15, 0.2) is 0 Å². The molecule has 0 bridgehead atoms. The van der Waals surface area contributed by atoms with Crippen LogP contribution in [-0.2, 0) is 0 Å². The highest BCUT2D eigenvalue weighted by Crippen LogP contribution is 2.22. The van der Waals surface area contributed by atoms with E-state index in [0.29, 0.717) is 0 Å². The van der Waals surface area contributed by atoms with Gasteiger partial charge in [-0.2, -0.15) is 0 Å². The van der Waals surface area contributed by atoms with Crippen molar-refractivity contribution in [2.75, 3.05) is 19.6 Å². The van der Waals surface area contributed by atoms with Crippen LogP contribution in [-0.4, -0.2) is 47.6 Å². The molecule has 0 aliphatic carbocycles. The second-order valence-electron chi connectivity index (χ2n) is 6.25. The summed E-state index contributed by atoms with van der Waals surface area (Å²) in [5.74, 6) is 0. The van der Waals surface area contributed by atoms with E-state index in [4.69, 9.17) is 0 Å². The minimum atomic E-state index is 0.797. The third kappa shape index (κ3) is 3.45. The van der Waals surface area contributed by atoms with Crippen LogP contribution in [0.1, 0.15) is 59.3 Å². The fraction of sp³-hybridized carbons (Fsp3) is 1.00. The molecule has 0 spiro atoms. The Balaban J connectivity index is 1.64. The smallest absolute Gasteiger partial charge is 0.00702 e. The number of nitrogens with zero attached hydrogens (tertiary/aromatic N) is 2. The third-order valence-electron chi connectivity index (χ3n) is 4.93. The zero-order valence-corrected chi connectivity index (χ0v) is 12.0. The Morgan fingerprint density at radius 2 is 1.76 bits per heavy atom. The van der Waals surface area contributed by atoms with E-state index in [1.165, 1.54) is 58.2 Å². The van der Waals surface area contributed by atoms with Crippen LogP contribution in [0.3, 0.4) is 0 Å². The Morgan fingerprint density at radius 1 is 1.06 bits per heavy atom. The Kier molecular flexibility index (Phi) is 4.87. The molecule has 3 atom stereocenters. The fourth-order valence-corrected chi connectivity index (χ4v) is 3.69. The summed E-state index contributed by atoms with van der Waals surface area (Å²) in [5.41, 5.74) is 0. The first-order chi connectivity index (χ1) is 8.18. The summed E-state index contributed by atoms with van der Waals surface area (Å²) in [4.78, 5) is 5.40. The monoisotopic (exact) mass is 238 g/mol. The molecule has 0 aromatic carbocycles. The van der Waals surface area contributed by atoms with Crippen LogP contribution in [0.5, 0.6) is 0 Å². The Labute approximate surface area is 107 Å². The van der Waals surface area contributed by atoms with E-state index in [9.17, 15) is 0 Å². The molecule has 17 heavy (non-hydrogen) atoms. The van der Waals surface area contributed by atoms with Crippen molar-refractivity contribution in [3.05, 3.63) is 0 Å². The van der Waals surface area contributed by atoms with E-state index in [1.807, 2.05) is 0 Å². The Morgan fingerprint density at radius 3 is 2.35 bits per heavy atom. The van der Waals surface area contributed by atoms with Crippen LogP contribution < -0.4 is 0 Å². The van der Waals surface area contributed by atoms with E-state index in [2.05, 4.69) is 30.6 Å². The minimum absolute atomic E-state index is 0.797. The van der Waals surface area contributed by atoms with Gasteiger partial charge in [0.05, 0.1) is 0 Å². The molecule has 2 heterocycles. The van der Waals surface area contributed by atoms with Gasteiger partial charge in [-0.3, -0.25) is 4.90 Å². The summed E-state index contributed by atoms with van der Waals surface area (Å²) in [7, 11) is 0. The van der Waals surface area contributed by atoms with Crippen molar-refractivity contribution in [1.82, 2.24) is 9.80 Å². The molecule has 0 amide bonds. The molecular weight excluding hydrogens is 208 g/mol. The number of hydrogen-bond acceptors (Lipinski definition) is 2. The first-order valence-electron chi connectivity index (χ1n) is 7.68. The third-order valence-corrected chi connectivity index (χ3v) is 4.93. The summed E-state index contributed by atoms with van der Waals surface area (Å²) in [6.07, 6.45) is 8.42. The van der Waals surface area contributed by atoms with Crippen LogP contribution in [0.4, 0.5) is 0 Å². The van der Waals surface area contributed by atoms with Crippen molar-refractivity contribution in [1.29, 1.82) is 0 Å². The second kappa shape index (κ2) is 6.19. The maximum absolute atomic E-state index is 2.72. The molecule has 3 unspecified atom stereocenters. The molecule has 2 nitrogen and oxygen atoms in total. The predicted molar refractivity (Wildman–Crippen MR) is 74.4 cm³/mol. The van der Waals surface area contributed by atoms with Gasteiger partial charge in [0, 0.05) is 18.1 Å². The molecular formula is C15H30N2. The van der Waals surface area contributed by atoms with E-state index in [1.54, 1.807) is 0 Å². The van der Waals surface area contributed by atoms with E-state index >= 15 is 0 Å². The number of likely N-dealkylation sites (tertiary alicyclic amines) is 2. The first-order valence-corrected chi connectivity index (χ1v) is 7.68. The predicted octanol–water partition coefficient (Wildman–Crippen LogP) is 3.12. The largest absolute Gasteiger partial charge is 0.301 e. The van der Waals surface area contributed by atoms with Crippen molar-refractivity contribution in [3.8, 4) is 0 Å². The Hall–Kier alpha value is -0.0800. The molecule has 2 heteroatoms. The molecule has 0 N–H and O–H groups in total. The van der Waals surface area contributed by atoms with E-state index < -0.39 is 0 Å². The van der Waals surface area contributed by atoms with Gasteiger partial charge in [0.25, 0.3) is 0 Å². The van der Waals surface area contributed by atoms with Crippen molar-refractivity contribution in [2.24, 2.45) is 0 Å². The van der Waals surface area contributed by atoms with Gasteiger partial charge >= 0.3 is 0 Å². The van der Waals surface area contributed by atoms with Crippen molar-refractivity contribution >= 4 is 0 Å². The van der Waals surface area contributed by atoms with Gasteiger partial charge in [-0.15, -0.1) is 0 Å². The summed E-state index contributed by atoms with van der Waals surface area (Å²) >= 11 is 0. The van der Waals surface area contributed by atoms with E-state index in [-0.39, 0.29) is 0 Å². The first kappa shape index (κ1) is 13.4. The number of hydrogen-bond donors (Lipinski definition) is 0. The lowest BCUT2D eigenvalue weighted by molar-refractivity contribution is 0.180. The molecule has 100 valence electrons. The van der Waals surface area contributed by atoms with Gasteiger partial charge < -0.3 is 4.90 Å². The fourth-order valence-electron chi connectivity index (χ4n) is 3.69. The van der Waals surface area contributed by atoms with Crippen LogP contribution >= 0.6 is 0 Å². The SMILES string of the molecule is CC1CCCN1CCCC(C)N1CCCC1C. The molecule has 2 aliphatic rings. The lowest BCUT2D eigenvalue weighted by Gasteiger charge is -2.29. The van der Waals surface area contributed by atoms with Crippen molar-refractivity contribution < 1.29 is 0 Å². The Bertz CT molecular complexity index is 229. The molecule has 0 saturated carbocycles. The van der Waals surface area contributed by atoms with E-state index in [0.717, 1.165) is 18.1 Å². The van der Waals surface area contributed by atoms with Crippen molar-refractivity contribution in [3.63, 3.8) is 0 Å². The maximum Gasteiger partial charge on any atom is 0.00702 e.